The third kappa shape index (κ3) is 4.38. The zero-order valence-electron chi connectivity index (χ0n) is 15.6. The molecule has 5 heteroatoms. The Balaban J connectivity index is 1.82. The summed E-state index contributed by atoms with van der Waals surface area (Å²) in [6, 6.07) is 0.548. The Morgan fingerprint density at radius 1 is 1.39 bits per heavy atom. The molecule has 0 spiro atoms. The van der Waals surface area contributed by atoms with Crippen molar-refractivity contribution in [2.45, 2.75) is 84.6 Å². The molecule has 2 fully saturated rings. The van der Waals surface area contributed by atoms with Gasteiger partial charge in [-0.2, -0.15) is 0 Å². The Labute approximate surface area is 140 Å². The van der Waals surface area contributed by atoms with Gasteiger partial charge >= 0.3 is 6.09 Å². The minimum atomic E-state index is -0.460. The molecule has 5 nitrogen and oxygen atoms in total. The summed E-state index contributed by atoms with van der Waals surface area (Å²) in [6.07, 6.45) is 3.32. The van der Waals surface area contributed by atoms with Crippen LogP contribution in [-0.2, 0) is 9.47 Å². The molecule has 4 unspecified atom stereocenters. The molecule has 2 N–H and O–H groups in total. The Morgan fingerprint density at radius 3 is 2.70 bits per heavy atom. The first-order chi connectivity index (χ1) is 10.6. The molecular formula is C18H34N2O3. The van der Waals surface area contributed by atoms with Gasteiger partial charge in [0.15, 0.2) is 0 Å². The van der Waals surface area contributed by atoms with Crippen LogP contribution in [0.4, 0.5) is 4.79 Å². The molecule has 134 valence electrons. The van der Waals surface area contributed by atoms with Gasteiger partial charge in [-0.25, -0.2) is 4.79 Å². The van der Waals surface area contributed by atoms with Gasteiger partial charge in [0, 0.05) is 36.6 Å². The van der Waals surface area contributed by atoms with E-state index in [1.165, 1.54) is 6.42 Å². The van der Waals surface area contributed by atoms with Gasteiger partial charge in [0.05, 0.1) is 6.10 Å². The zero-order chi connectivity index (χ0) is 17.3. The normalized spacial score (nSPS) is 30.8. The van der Waals surface area contributed by atoms with E-state index in [1.54, 1.807) is 0 Å². The number of carbonyl (C=O) groups is 1. The van der Waals surface area contributed by atoms with E-state index in [1.807, 2.05) is 20.8 Å². The quantitative estimate of drug-likeness (QED) is 0.815. The van der Waals surface area contributed by atoms with E-state index in [4.69, 9.17) is 9.47 Å². The van der Waals surface area contributed by atoms with Crippen LogP contribution in [-0.4, -0.2) is 43.0 Å². The lowest BCUT2D eigenvalue weighted by Gasteiger charge is -2.60. The number of nitrogens with one attached hydrogen (secondary N) is 2. The fraction of sp³-hybridized carbons (Fsp3) is 0.944. The average molecular weight is 326 g/mol. The van der Waals surface area contributed by atoms with Crippen LogP contribution in [0.1, 0.15) is 60.8 Å². The van der Waals surface area contributed by atoms with E-state index in [9.17, 15) is 4.79 Å². The number of hydrogen-bond donors (Lipinski definition) is 2. The number of alkyl carbamates (subject to hydrolysis) is 1. The fourth-order valence-electron chi connectivity index (χ4n) is 3.98. The van der Waals surface area contributed by atoms with Crippen LogP contribution < -0.4 is 10.6 Å². The van der Waals surface area contributed by atoms with Crippen LogP contribution in [0.5, 0.6) is 0 Å². The second-order valence-corrected chi connectivity index (χ2v) is 8.56. The van der Waals surface area contributed by atoms with Crippen molar-refractivity contribution in [3.63, 3.8) is 0 Å². The van der Waals surface area contributed by atoms with E-state index in [2.05, 4.69) is 31.4 Å². The predicted octanol–water partition coefficient (Wildman–Crippen LogP) is 3.08. The SMILES string of the molecule is CCC(CNC1C2CCCOC2C1(C)C)NC(=O)OC(C)(C)C. The molecule has 2 rings (SSSR count). The molecule has 0 aromatic carbocycles. The number of fused-ring (bicyclic) bond motifs is 1. The summed E-state index contributed by atoms with van der Waals surface area (Å²) in [5.41, 5.74) is -0.298. The molecule has 23 heavy (non-hydrogen) atoms. The fourth-order valence-corrected chi connectivity index (χ4v) is 3.98. The number of rotatable bonds is 5. The van der Waals surface area contributed by atoms with E-state index < -0.39 is 5.60 Å². The van der Waals surface area contributed by atoms with Gasteiger partial charge in [-0.3, -0.25) is 0 Å². The van der Waals surface area contributed by atoms with E-state index in [-0.39, 0.29) is 17.6 Å². The molecule has 1 heterocycles. The molecule has 0 bridgehead atoms. The van der Waals surface area contributed by atoms with Crippen molar-refractivity contribution in [2.75, 3.05) is 13.2 Å². The highest BCUT2D eigenvalue weighted by molar-refractivity contribution is 5.68. The average Bonchev–Trinajstić information content (AvgIpc) is 2.44. The van der Waals surface area contributed by atoms with Crippen molar-refractivity contribution in [1.82, 2.24) is 10.6 Å². The monoisotopic (exact) mass is 326 g/mol. The smallest absolute Gasteiger partial charge is 0.407 e. The van der Waals surface area contributed by atoms with Crippen LogP contribution in [0.3, 0.4) is 0 Å². The van der Waals surface area contributed by atoms with Crippen LogP contribution >= 0.6 is 0 Å². The zero-order valence-corrected chi connectivity index (χ0v) is 15.6. The summed E-state index contributed by atoms with van der Waals surface area (Å²) in [7, 11) is 0. The molecule has 1 amide bonds. The minimum Gasteiger partial charge on any atom is -0.444 e. The van der Waals surface area contributed by atoms with Crippen LogP contribution in [0, 0.1) is 11.3 Å². The maximum atomic E-state index is 11.9. The first kappa shape index (κ1) is 18.5. The summed E-state index contributed by atoms with van der Waals surface area (Å²) in [6.45, 7) is 14.0. The lowest BCUT2D eigenvalue weighted by atomic mass is 9.55. The predicted molar refractivity (Wildman–Crippen MR) is 91.5 cm³/mol. The first-order valence-electron chi connectivity index (χ1n) is 8.99. The topological polar surface area (TPSA) is 59.6 Å². The van der Waals surface area contributed by atoms with Crippen molar-refractivity contribution in [3.05, 3.63) is 0 Å². The number of ether oxygens (including phenoxy) is 2. The standard InChI is InChI=1S/C18H34N2O3/c1-7-12(20-16(21)23-17(2,3)4)11-19-14-13-9-8-10-22-15(13)18(14,5)6/h12-15,19H,7-11H2,1-6H3,(H,20,21). The number of carbonyl (C=O) groups excluding carboxylic acids is 1. The lowest BCUT2D eigenvalue weighted by Crippen LogP contribution is -2.70. The van der Waals surface area contributed by atoms with Gasteiger partial charge in [-0.05, 0) is 40.0 Å². The molecule has 0 aromatic rings. The molecule has 0 aromatic heterocycles. The molecule has 4 atom stereocenters. The van der Waals surface area contributed by atoms with Gasteiger partial charge < -0.3 is 20.1 Å². The van der Waals surface area contributed by atoms with Gasteiger partial charge in [0.25, 0.3) is 0 Å². The van der Waals surface area contributed by atoms with E-state index in [0.29, 0.717) is 18.1 Å². The lowest BCUT2D eigenvalue weighted by molar-refractivity contribution is -0.192. The molecule has 0 radical (unpaired) electrons. The molecule has 1 saturated carbocycles. The summed E-state index contributed by atoms with van der Waals surface area (Å²) in [5, 5.41) is 6.65. The van der Waals surface area contributed by atoms with Crippen molar-refractivity contribution >= 4 is 6.09 Å². The van der Waals surface area contributed by atoms with Gasteiger partial charge in [0.1, 0.15) is 5.60 Å². The second-order valence-electron chi connectivity index (χ2n) is 8.56. The van der Waals surface area contributed by atoms with Crippen molar-refractivity contribution in [1.29, 1.82) is 0 Å². The Kier molecular flexibility index (Phi) is 5.62. The van der Waals surface area contributed by atoms with Gasteiger partial charge in [-0.1, -0.05) is 20.8 Å². The van der Waals surface area contributed by atoms with Crippen LogP contribution in [0.25, 0.3) is 0 Å². The van der Waals surface area contributed by atoms with Crippen LogP contribution in [0.2, 0.25) is 0 Å². The highest BCUT2D eigenvalue weighted by Gasteiger charge is 2.57. The summed E-state index contributed by atoms with van der Waals surface area (Å²) in [4.78, 5) is 11.9. The molecule has 1 aliphatic heterocycles. The third-order valence-electron chi connectivity index (χ3n) is 5.13. The Morgan fingerprint density at radius 2 is 2.09 bits per heavy atom. The highest BCUT2D eigenvalue weighted by Crippen LogP contribution is 2.51. The maximum absolute atomic E-state index is 11.9. The summed E-state index contributed by atoms with van der Waals surface area (Å²) < 4.78 is 11.3. The highest BCUT2D eigenvalue weighted by atomic mass is 16.6. The molecule has 1 aliphatic carbocycles. The van der Waals surface area contributed by atoms with Crippen LogP contribution in [0.15, 0.2) is 0 Å². The Bertz CT molecular complexity index is 417. The van der Waals surface area contributed by atoms with Gasteiger partial charge in [-0.15, -0.1) is 0 Å². The largest absolute Gasteiger partial charge is 0.444 e. The van der Waals surface area contributed by atoms with E-state index in [0.717, 1.165) is 26.0 Å². The second kappa shape index (κ2) is 6.98. The summed E-state index contributed by atoms with van der Waals surface area (Å²) >= 11 is 0. The van der Waals surface area contributed by atoms with Crippen molar-refractivity contribution in [2.24, 2.45) is 11.3 Å². The third-order valence-corrected chi connectivity index (χ3v) is 5.13. The van der Waals surface area contributed by atoms with E-state index >= 15 is 0 Å². The Hall–Kier alpha value is -0.810. The number of amides is 1. The molecular weight excluding hydrogens is 292 g/mol. The van der Waals surface area contributed by atoms with Gasteiger partial charge in [0.2, 0.25) is 0 Å². The molecule has 2 aliphatic rings. The minimum absolute atomic E-state index is 0.0872. The number of hydrogen-bond acceptors (Lipinski definition) is 4. The summed E-state index contributed by atoms with van der Waals surface area (Å²) in [5.74, 6) is 0.609. The molecule has 1 saturated heterocycles. The first-order valence-corrected chi connectivity index (χ1v) is 8.99. The van der Waals surface area contributed by atoms with Crippen molar-refractivity contribution < 1.29 is 14.3 Å². The van der Waals surface area contributed by atoms with Crippen molar-refractivity contribution in [3.8, 4) is 0 Å². The maximum Gasteiger partial charge on any atom is 0.407 e.